The Morgan fingerprint density at radius 1 is 0.967 bits per heavy atom. The Labute approximate surface area is 180 Å². The molecule has 1 saturated heterocycles. The number of rotatable bonds is 9. The molecule has 0 aromatic heterocycles. The Morgan fingerprint density at radius 2 is 1.57 bits per heavy atom. The minimum absolute atomic E-state index is 0.200. The lowest BCUT2D eigenvalue weighted by atomic mass is 10.1. The van der Waals surface area contributed by atoms with Crippen LogP contribution in [0.3, 0.4) is 0 Å². The molecule has 0 aliphatic carbocycles. The van der Waals surface area contributed by atoms with E-state index in [1.807, 2.05) is 43.3 Å². The number of hydrogen-bond acceptors (Lipinski definition) is 5. The second-order valence-electron chi connectivity index (χ2n) is 8.27. The number of nitrogens with zero attached hydrogens (tertiary/aromatic N) is 3. The zero-order valence-corrected chi connectivity index (χ0v) is 18.2. The van der Waals surface area contributed by atoms with Gasteiger partial charge >= 0.3 is 0 Å². The summed E-state index contributed by atoms with van der Waals surface area (Å²) in [5, 5.41) is 14.3. The van der Waals surface area contributed by atoms with Crippen molar-refractivity contribution in [2.24, 2.45) is 0 Å². The maximum atomic E-state index is 12.0. The molecule has 30 heavy (non-hydrogen) atoms. The third kappa shape index (κ3) is 6.75. The van der Waals surface area contributed by atoms with Gasteiger partial charge < -0.3 is 15.1 Å². The van der Waals surface area contributed by atoms with E-state index < -0.39 is 0 Å². The van der Waals surface area contributed by atoms with Crippen molar-refractivity contribution in [3.05, 3.63) is 54.1 Å². The van der Waals surface area contributed by atoms with Gasteiger partial charge in [-0.2, -0.15) is 0 Å². The highest BCUT2D eigenvalue weighted by Crippen LogP contribution is 2.24. The molecular formula is C24H34N4O2. The second-order valence-corrected chi connectivity index (χ2v) is 8.27. The molecule has 0 radical (unpaired) electrons. The van der Waals surface area contributed by atoms with Crippen LogP contribution < -0.4 is 10.2 Å². The predicted molar refractivity (Wildman–Crippen MR) is 122 cm³/mol. The van der Waals surface area contributed by atoms with Gasteiger partial charge in [0.05, 0.1) is 6.54 Å². The van der Waals surface area contributed by atoms with E-state index in [-0.39, 0.29) is 12.5 Å². The number of nitrogens with one attached hydrogen (secondary N) is 1. The molecule has 162 valence electrons. The zero-order chi connectivity index (χ0) is 21.3. The summed E-state index contributed by atoms with van der Waals surface area (Å²) in [6.07, 6.45) is 4.98. The Hall–Kier alpha value is -2.57. The van der Waals surface area contributed by atoms with Crippen LogP contribution in [-0.4, -0.2) is 54.8 Å². The maximum absolute atomic E-state index is 12.0. The Kier molecular flexibility index (Phi) is 8.11. The minimum Gasteiger partial charge on any atom is -0.372 e. The Morgan fingerprint density at radius 3 is 2.17 bits per heavy atom. The van der Waals surface area contributed by atoms with Crippen LogP contribution in [0.25, 0.3) is 0 Å². The first-order valence-electron chi connectivity index (χ1n) is 10.9. The van der Waals surface area contributed by atoms with Crippen molar-refractivity contribution in [3.8, 4) is 0 Å². The topological polar surface area (TPSA) is 59.1 Å². The summed E-state index contributed by atoms with van der Waals surface area (Å²) in [5.74, 6) is -0.243. The zero-order valence-electron chi connectivity index (χ0n) is 18.2. The van der Waals surface area contributed by atoms with Gasteiger partial charge in [-0.25, -0.2) is 5.06 Å². The van der Waals surface area contributed by atoms with Gasteiger partial charge in [0.25, 0.3) is 0 Å². The van der Waals surface area contributed by atoms with Crippen molar-refractivity contribution in [1.29, 1.82) is 0 Å². The van der Waals surface area contributed by atoms with Crippen LogP contribution >= 0.6 is 0 Å². The fourth-order valence-electron chi connectivity index (χ4n) is 3.70. The first-order chi connectivity index (χ1) is 14.5. The lowest BCUT2D eigenvalue weighted by Gasteiger charge is -2.28. The average Bonchev–Trinajstić information content (AvgIpc) is 2.76. The first-order valence-corrected chi connectivity index (χ1v) is 10.9. The van der Waals surface area contributed by atoms with E-state index in [0.717, 1.165) is 48.1 Å². The molecular weight excluding hydrogens is 376 g/mol. The third-order valence-corrected chi connectivity index (χ3v) is 5.45. The van der Waals surface area contributed by atoms with E-state index in [2.05, 4.69) is 34.5 Å². The molecule has 2 aromatic carbocycles. The third-order valence-electron chi connectivity index (χ3n) is 5.45. The van der Waals surface area contributed by atoms with Crippen molar-refractivity contribution < 1.29 is 10.0 Å². The quantitative estimate of drug-likeness (QED) is 0.471. The number of hydroxylamine groups is 2. The van der Waals surface area contributed by atoms with Gasteiger partial charge in [0.1, 0.15) is 0 Å². The maximum Gasteiger partial charge on any atom is 0.246 e. The monoisotopic (exact) mass is 410 g/mol. The molecule has 6 heteroatoms. The molecule has 0 saturated carbocycles. The molecule has 1 heterocycles. The molecule has 1 fully saturated rings. The number of carbonyl (C=O) groups is 1. The lowest BCUT2D eigenvalue weighted by molar-refractivity contribution is -0.168. The summed E-state index contributed by atoms with van der Waals surface area (Å²) in [4.78, 5) is 16.5. The van der Waals surface area contributed by atoms with Gasteiger partial charge in [0, 0.05) is 36.6 Å². The summed E-state index contributed by atoms with van der Waals surface area (Å²) in [6.45, 7) is 3.33. The Bertz CT molecular complexity index is 784. The highest BCUT2D eigenvalue weighted by atomic mass is 16.5. The normalized spacial score (nSPS) is 14.1. The average molecular weight is 411 g/mol. The van der Waals surface area contributed by atoms with Gasteiger partial charge in [-0.3, -0.25) is 10.0 Å². The molecule has 1 aliphatic heterocycles. The van der Waals surface area contributed by atoms with E-state index in [1.54, 1.807) is 0 Å². The summed E-state index contributed by atoms with van der Waals surface area (Å²) in [7, 11) is 3.94. The van der Waals surface area contributed by atoms with E-state index in [0.29, 0.717) is 6.42 Å². The summed E-state index contributed by atoms with van der Waals surface area (Å²) < 4.78 is 0. The molecule has 1 aliphatic rings. The van der Waals surface area contributed by atoms with Crippen molar-refractivity contribution in [3.63, 3.8) is 0 Å². The molecule has 0 unspecified atom stereocenters. The number of piperidine rings is 1. The van der Waals surface area contributed by atoms with Crippen LogP contribution in [-0.2, 0) is 11.3 Å². The fourth-order valence-corrected chi connectivity index (χ4v) is 3.70. The van der Waals surface area contributed by atoms with Crippen LogP contribution in [0.4, 0.5) is 17.1 Å². The lowest BCUT2D eigenvalue weighted by Crippen LogP contribution is -2.29. The van der Waals surface area contributed by atoms with E-state index in [1.165, 1.54) is 24.9 Å². The van der Waals surface area contributed by atoms with Gasteiger partial charge in [-0.15, -0.1) is 0 Å². The predicted octanol–water partition coefficient (Wildman–Crippen LogP) is 4.48. The molecule has 3 rings (SSSR count). The molecule has 0 atom stereocenters. The molecule has 6 nitrogen and oxygen atoms in total. The van der Waals surface area contributed by atoms with Crippen LogP contribution in [0.1, 0.15) is 37.7 Å². The fraction of sp³-hybridized carbons (Fsp3) is 0.458. The van der Waals surface area contributed by atoms with Crippen LogP contribution in [0.5, 0.6) is 0 Å². The molecule has 2 N–H and O–H groups in total. The molecule has 0 bridgehead atoms. The van der Waals surface area contributed by atoms with Crippen LogP contribution in [0.15, 0.2) is 48.5 Å². The largest absolute Gasteiger partial charge is 0.372 e. The SMILES string of the molecule is CN(C)CCCC(=O)N(O)Cc1ccc(Nc2ccc(N3CCCCC3)cc2)cc1. The molecule has 1 amide bonds. The summed E-state index contributed by atoms with van der Waals surface area (Å²) in [6, 6.07) is 16.4. The van der Waals surface area contributed by atoms with Gasteiger partial charge in [-0.05, 0) is 88.3 Å². The number of hydrogen-bond donors (Lipinski definition) is 2. The second kappa shape index (κ2) is 11.0. The van der Waals surface area contributed by atoms with Crippen LogP contribution in [0.2, 0.25) is 0 Å². The number of carbonyl (C=O) groups excluding carboxylic acids is 1. The van der Waals surface area contributed by atoms with Gasteiger partial charge in [0.2, 0.25) is 5.91 Å². The molecule has 0 spiro atoms. The van der Waals surface area contributed by atoms with Crippen molar-refractivity contribution in [2.45, 2.75) is 38.6 Å². The summed E-state index contributed by atoms with van der Waals surface area (Å²) >= 11 is 0. The smallest absolute Gasteiger partial charge is 0.246 e. The van der Waals surface area contributed by atoms with Crippen molar-refractivity contribution in [2.75, 3.05) is 43.9 Å². The minimum atomic E-state index is -0.243. The van der Waals surface area contributed by atoms with Gasteiger partial charge in [-0.1, -0.05) is 12.1 Å². The van der Waals surface area contributed by atoms with E-state index in [4.69, 9.17) is 0 Å². The van der Waals surface area contributed by atoms with Crippen LogP contribution in [0, 0.1) is 0 Å². The standard InChI is InChI=1S/C24H34N4O2/c1-26(2)16-6-7-24(29)28(30)19-20-8-10-21(11-9-20)25-22-12-14-23(15-13-22)27-17-4-3-5-18-27/h8-15,25,30H,3-7,16-19H2,1-2H3. The van der Waals surface area contributed by atoms with Gasteiger partial charge in [0.15, 0.2) is 0 Å². The number of anilines is 3. The van der Waals surface area contributed by atoms with Crippen molar-refractivity contribution in [1.82, 2.24) is 9.96 Å². The Balaban J connectivity index is 1.48. The highest BCUT2D eigenvalue weighted by molar-refractivity contribution is 5.74. The highest BCUT2D eigenvalue weighted by Gasteiger charge is 2.12. The van der Waals surface area contributed by atoms with E-state index in [9.17, 15) is 10.0 Å². The number of amides is 1. The first kappa shape index (κ1) is 22.1. The van der Waals surface area contributed by atoms with E-state index >= 15 is 0 Å². The number of benzene rings is 2. The molecule has 2 aromatic rings. The summed E-state index contributed by atoms with van der Waals surface area (Å²) in [5.41, 5.74) is 4.20. The van der Waals surface area contributed by atoms with Crippen molar-refractivity contribution >= 4 is 23.0 Å².